The maximum atomic E-state index is 11.9. The van der Waals surface area contributed by atoms with Crippen LogP contribution in [0.2, 0.25) is 5.02 Å². The van der Waals surface area contributed by atoms with E-state index in [4.69, 9.17) is 22.1 Å². The van der Waals surface area contributed by atoms with Gasteiger partial charge in [-0.3, -0.25) is 0 Å². The summed E-state index contributed by atoms with van der Waals surface area (Å²) < 4.78 is 5.88. The first-order valence-corrected chi connectivity index (χ1v) is 8.60. The lowest BCUT2D eigenvalue weighted by Crippen LogP contribution is -2.03. The number of carbonyl (C=O) groups is 1. The summed E-state index contributed by atoms with van der Waals surface area (Å²) in [6.45, 7) is 4.11. The minimum absolute atomic E-state index is 0.199. The Morgan fingerprint density at radius 1 is 1.43 bits per heavy atom. The monoisotopic (exact) mass is 435 g/mol. The van der Waals surface area contributed by atoms with Gasteiger partial charge in [-0.25, -0.2) is 4.79 Å². The van der Waals surface area contributed by atoms with E-state index >= 15 is 0 Å². The van der Waals surface area contributed by atoms with Crippen molar-refractivity contribution in [3.8, 4) is 10.4 Å². The Bertz CT molecular complexity index is 697. The van der Waals surface area contributed by atoms with Crippen LogP contribution in [0.4, 0.5) is 5.69 Å². The van der Waals surface area contributed by atoms with Crippen LogP contribution in [0.5, 0.6) is 0 Å². The van der Waals surface area contributed by atoms with Gasteiger partial charge < -0.3 is 10.5 Å². The fraction of sp³-hybridized carbons (Fsp3) is 0.267. The Kier molecular flexibility index (Phi) is 5.16. The molecular weight excluding hydrogens is 421 g/mol. The molecule has 0 aliphatic carbocycles. The number of rotatable bonds is 3. The number of anilines is 1. The SMILES string of the molecule is COC(=O)c1sc(-c2cc(Cl)ccc2I)c(C(C)C)c1N. The van der Waals surface area contributed by atoms with Crippen molar-refractivity contribution in [3.63, 3.8) is 0 Å². The van der Waals surface area contributed by atoms with Crippen molar-refractivity contribution in [2.24, 2.45) is 0 Å². The number of nitrogen functional groups attached to an aromatic ring is 1. The average molecular weight is 436 g/mol. The maximum Gasteiger partial charge on any atom is 0.350 e. The quantitative estimate of drug-likeness (QED) is 0.535. The van der Waals surface area contributed by atoms with E-state index in [1.165, 1.54) is 18.4 Å². The van der Waals surface area contributed by atoms with Crippen molar-refractivity contribution in [2.45, 2.75) is 19.8 Å². The van der Waals surface area contributed by atoms with E-state index in [9.17, 15) is 4.79 Å². The molecule has 0 saturated carbocycles. The fourth-order valence-electron chi connectivity index (χ4n) is 2.15. The van der Waals surface area contributed by atoms with E-state index in [0.29, 0.717) is 15.6 Å². The number of methoxy groups -OCH3 is 1. The number of esters is 1. The van der Waals surface area contributed by atoms with Gasteiger partial charge in [0.25, 0.3) is 0 Å². The lowest BCUT2D eigenvalue weighted by Gasteiger charge is -2.10. The van der Waals surface area contributed by atoms with Gasteiger partial charge >= 0.3 is 5.97 Å². The minimum Gasteiger partial charge on any atom is -0.465 e. The molecule has 0 bridgehead atoms. The number of hydrogen-bond acceptors (Lipinski definition) is 4. The molecule has 3 nitrogen and oxygen atoms in total. The van der Waals surface area contributed by atoms with Crippen LogP contribution in [0.15, 0.2) is 18.2 Å². The van der Waals surface area contributed by atoms with Crippen LogP contribution in [0.1, 0.15) is 35.0 Å². The van der Waals surface area contributed by atoms with Gasteiger partial charge in [-0.2, -0.15) is 0 Å². The van der Waals surface area contributed by atoms with E-state index in [1.807, 2.05) is 18.2 Å². The molecule has 0 radical (unpaired) electrons. The highest BCUT2D eigenvalue weighted by atomic mass is 127. The normalized spacial score (nSPS) is 11.0. The summed E-state index contributed by atoms with van der Waals surface area (Å²) >= 11 is 9.73. The van der Waals surface area contributed by atoms with Gasteiger partial charge in [-0.15, -0.1) is 11.3 Å². The molecule has 1 aromatic heterocycles. The number of hydrogen-bond donors (Lipinski definition) is 1. The first-order chi connectivity index (χ1) is 9.86. The molecule has 21 heavy (non-hydrogen) atoms. The Morgan fingerprint density at radius 3 is 2.67 bits per heavy atom. The number of thiophene rings is 1. The molecule has 1 heterocycles. The molecule has 6 heteroatoms. The molecule has 0 spiro atoms. The Morgan fingerprint density at radius 2 is 2.10 bits per heavy atom. The van der Waals surface area contributed by atoms with Crippen LogP contribution < -0.4 is 5.73 Å². The Labute approximate surface area is 146 Å². The zero-order valence-corrected chi connectivity index (χ0v) is 15.6. The average Bonchev–Trinajstić information content (AvgIpc) is 2.78. The number of nitrogens with two attached hydrogens (primary N) is 1. The van der Waals surface area contributed by atoms with Gasteiger partial charge in [0.2, 0.25) is 0 Å². The molecule has 2 rings (SSSR count). The number of halogens is 2. The lowest BCUT2D eigenvalue weighted by atomic mass is 9.98. The molecular formula is C15H15ClINO2S. The number of carbonyl (C=O) groups excluding carboxylic acids is 1. The van der Waals surface area contributed by atoms with E-state index in [2.05, 4.69) is 36.4 Å². The highest BCUT2D eigenvalue weighted by molar-refractivity contribution is 14.1. The standard InChI is InChI=1S/C15H15ClINO2S/c1-7(2)11-12(18)14(15(19)20-3)21-13(11)9-6-8(16)4-5-10(9)17/h4-7H,18H2,1-3H3. The zero-order chi connectivity index (χ0) is 15.7. The van der Waals surface area contributed by atoms with Crippen LogP contribution in [0.3, 0.4) is 0 Å². The smallest absolute Gasteiger partial charge is 0.350 e. The van der Waals surface area contributed by atoms with Gasteiger partial charge in [-0.1, -0.05) is 25.4 Å². The highest BCUT2D eigenvalue weighted by Gasteiger charge is 2.25. The Balaban J connectivity index is 2.73. The number of benzene rings is 1. The molecule has 2 aromatic rings. The zero-order valence-electron chi connectivity index (χ0n) is 11.9. The van der Waals surface area contributed by atoms with E-state index in [-0.39, 0.29) is 5.92 Å². The third kappa shape index (κ3) is 3.19. The first kappa shape index (κ1) is 16.6. The molecule has 0 saturated heterocycles. The molecule has 0 amide bonds. The first-order valence-electron chi connectivity index (χ1n) is 6.32. The van der Waals surface area contributed by atoms with Gasteiger partial charge in [0.05, 0.1) is 12.8 Å². The molecule has 0 fully saturated rings. The topological polar surface area (TPSA) is 52.3 Å². The van der Waals surface area contributed by atoms with E-state index in [0.717, 1.165) is 19.6 Å². The lowest BCUT2D eigenvalue weighted by molar-refractivity contribution is 0.0607. The molecule has 112 valence electrons. The number of ether oxygens (including phenoxy) is 1. The second-order valence-electron chi connectivity index (χ2n) is 4.86. The fourth-order valence-corrected chi connectivity index (χ4v) is 4.43. The maximum absolute atomic E-state index is 11.9. The van der Waals surface area contributed by atoms with Crippen molar-refractivity contribution in [3.05, 3.63) is 37.2 Å². The van der Waals surface area contributed by atoms with E-state index in [1.54, 1.807) is 0 Å². The van der Waals surface area contributed by atoms with Crippen LogP contribution >= 0.6 is 45.5 Å². The van der Waals surface area contributed by atoms with Crippen molar-refractivity contribution < 1.29 is 9.53 Å². The molecule has 0 aliphatic heterocycles. The molecule has 1 aromatic carbocycles. The second-order valence-corrected chi connectivity index (χ2v) is 7.48. The summed E-state index contributed by atoms with van der Waals surface area (Å²) in [5.41, 5.74) is 8.66. The summed E-state index contributed by atoms with van der Waals surface area (Å²) in [4.78, 5) is 13.3. The predicted octanol–water partition coefficient (Wildman–Crippen LogP) is 5.17. The molecule has 2 N–H and O–H groups in total. The highest BCUT2D eigenvalue weighted by Crippen LogP contribution is 2.44. The molecule has 0 unspecified atom stereocenters. The van der Waals surface area contributed by atoms with Crippen LogP contribution in [0.25, 0.3) is 10.4 Å². The summed E-state index contributed by atoms with van der Waals surface area (Å²) in [5, 5.41) is 0.659. The van der Waals surface area contributed by atoms with Crippen LogP contribution in [-0.2, 0) is 4.74 Å². The van der Waals surface area contributed by atoms with Gasteiger partial charge in [0, 0.05) is 19.0 Å². The Hall–Kier alpha value is -0.790. The van der Waals surface area contributed by atoms with Gasteiger partial charge in [0.1, 0.15) is 4.88 Å². The third-order valence-corrected chi connectivity index (χ3v) is 5.52. The third-order valence-electron chi connectivity index (χ3n) is 3.10. The van der Waals surface area contributed by atoms with Crippen molar-refractivity contribution >= 4 is 57.2 Å². The summed E-state index contributed by atoms with van der Waals surface area (Å²) in [6.07, 6.45) is 0. The predicted molar refractivity (Wildman–Crippen MR) is 97.3 cm³/mol. The van der Waals surface area contributed by atoms with Crippen molar-refractivity contribution in [2.75, 3.05) is 12.8 Å². The van der Waals surface area contributed by atoms with E-state index < -0.39 is 5.97 Å². The van der Waals surface area contributed by atoms with Gasteiger partial charge in [0.15, 0.2) is 0 Å². The summed E-state index contributed by atoms with van der Waals surface area (Å²) in [5.74, 6) is -0.202. The van der Waals surface area contributed by atoms with Crippen molar-refractivity contribution in [1.82, 2.24) is 0 Å². The molecule has 0 atom stereocenters. The second kappa shape index (κ2) is 6.54. The van der Waals surface area contributed by atoms with Gasteiger partial charge in [-0.05, 0) is 52.3 Å². The molecule has 0 aliphatic rings. The summed E-state index contributed by atoms with van der Waals surface area (Å²) in [7, 11) is 1.36. The van der Waals surface area contributed by atoms with Crippen molar-refractivity contribution in [1.29, 1.82) is 0 Å². The largest absolute Gasteiger partial charge is 0.465 e. The van der Waals surface area contributed by atoms with Crippen LogP contribution in [-0.4, -0.2) is 13.1 Å². The summed E-state index contributed by atoms with van der Waals surface area (Å²) in [6, 6.07) is 5.71. The van der Waals surface area contributed by atoms with Crippen LogP contribution in [0, 0.1) is 3.57 Å². The minimum atomic E-state index is -0.400.